The first-order valence-electron chi connectivity index (χ1n) is 8.62. The fraction of sp³-hybridized carbons (Fsp3) is 0.556. The summed E-state index contributed by atoms with van der Waals surface area (Å²) in [6.07, 6.45) is 5.85. The van der Waals surface area contributed by atoms with Crippen LogP contribution in [0.3, 0.4) is 0 Å². The lowest BCUT2D eigenvalue weighted by Crippen LogP contribution is -2.46. The van der Waals surface area contributed by atoms with E-state index >= 15 is 0 Å². The summed E-state index contributed by atoms with van der Waals surface area (Å²) in [6.45, 7) is 10.6. The van der Waals surface area contributed by atoms with E-state index in [-0.39, 0.29) is 0 Å². The van der Waals surface area contributed by atoms with Crippen molar-refractivity contribution in [3.05, 3.63) is 36.5 Å². The molecular formula is C18H27N5O. The molecule has 3 heterocycles. The minimum Gasteiger partial charge on any atom is -0.481 e. The first-order valence-corrected chi connectivity index (χ1v) is 8.62. The third-order valence-corrected chi connectivity index (χ3v) is 4.41. The molecular weight excluding hydrogens is 302 g/mol. The molecule has 2 aromatic rings. The van der Waals surface area contributed by atoms with Crippen LogP contribution in [0.1, 0.15) is 19.5 Å². The normalized spacial score (nSPS) is 15.9. The second-order valence-corrected chi connectivity index (χ2v) is 6.75. The summed E-state index contributed by atoms with van der Waals surface area (Å²) >= 11 is 0. The van der Waals surface area contributed by atoms with Crippen LogP contribution in [0.25, 0.3) is 0 Å². The van der Waals surface area contributed by atoms with E-state index in [1.54, 1.807) is 7.11 Å². The summed E-state index contributed by atoms with van der Waals surface area (Å²) in [5.74, 6) is 1.30. The molecule has 0 radical (unpaired) electrons. The number of piperazine rings is 1. The van der Waals surface area contributed by atoms with E-state index < -0.39 is 0 Å². The number of methoxy groups -OCH3 is 1. The van der Waals surface area contributed by atoms with E-state index in [1.807, 2.05) is 24.8 Å². The number of pyridine rings is 1. The van der Waals surface area contributed by atoms with E-state index in [9.17, 15) is 0 Å². The molecule has 0 saturated carbocycles. The zero-order valence-corrected chi connectivity index (χ0v) is 14.9. The molecule has 6 heteroatoms. The van der Waals surface area contributed by atoms with Gasteiger partial charge in [-0.3, -0.25) is 4.90 Å². The highest BCUT2D eigenvalue weighted by Gasteiger charge is 2.19. The van der Waals surface area contributed by atoms with Crippen LogP contribution in [0.15, 0.2) is 30.9 Å². The number of aromatic nitrogens is 3. The van der Waals surface area contributed by atoms with Gasteiger partial charge in [-0.15, -0.1) is 0 Å². The summed E-state index contributed by atoms with van der Waals surface area (Å²) in [5, 5.41) is 0. The van der Waals surface area contributed by atoms with Crippen molar-refractivity contribution in [1.29, 1.82) is 0 Å². The SMILES string of the molecule is COc1ccc(N2CCN(Cc3cncn3CC(C)C)CC2)cn1. The molecule has 24 heavy (non-hydrogen) atoms. The standard InChI is InChI=1S/C18H27N5O/c1-15(2)12-23-14-19-10-17(23)13-21-6-8-22(9-7-21)16-4-5-18(24-3)20-11-16/h4-5,10-11,14-15H,6-9,12-13H2,1-3H3. The molecule has 3 rings (SSSR count). The third-order valence-electron chi connectivity index (χ3n) is 4.41. The second-order valence-electron chi connectivity index (χ2n) is 6.75. The van der Waals surface area contributed by atoms with Crippen molar-refractivity contribution in [2.45, 2.75) is 26.9 Å². The van der Waals surface area contributed by atoms with Crippen LogP contribution >= 0.6 is 0 Å². The van der Waals surface area contributed by atoms with Crippen LogP contribution in [0, 0.1) is 5.92 Å². The molecule has 0 aliphatic carbocycles. The van der Waals surface area contributed by atoms with Gasteiger partial charge in [-0.25, -0.2) is 9.97 Å². The van der Waals surface area contributed by atoms with Gasteiger partial charge >= 0.3 is 0 Å². The molecule has 2 aromatic heterocycles. The fourth-order valence-corrected chi connectivity index (χ4v) is 3.11. The fourth-order valence-electron chi connectivity index (χ4n) is 3.11. The maximum absolute atomic E-state index is 5.12. The molecule has 0 bridgehead atoms. The highest BCUT2D eigenvalue weighted by Crippen LogP contribution is 2.19. The maximum Gasteiger partial charge on any atom is 0.213 e. The van der Waals surface area contributed by atoms with Gasteiger partial charge < -0.3 is 14.2 Å². The number of rotatable bonds is 6. The average Bonchev–Trinajstić information content (AvgIpc) is 3.02. The van der Waals surface area contributed by atoms with Crippen molar-refractivity contribution in [3.63, 3.8) is 0 Å². The van der Waals surface area contributed by atoms with E-state index in [2.05, 4.69) is 44.2 Å². The Bertz CT molecular complexity index is 629. The lowest BCUT2D eigenvalue weighted by Gasteiger charge is -2.36. The van der Waals surface area contributed by atoms with E-state index in [0.717, 1.165) is 39.3 Å². The van der Waals surface area contributed by atoms with Crippen LogP contribution in [0.4, 0.5) is 5.69 Å². The summed E-state index contributed by atoms with van der Waals surface area (Å²) in [5.41, 5.74) is 2.48. The third kappa shape index (κ3) is 4.06. The Morgan fingerprint density at radius 3 is 2.54 bits per heavy atom. The van der Waals surface area contributed by atoms with Crippen molar-refractivity contribution in [1.82, 2.24) is 19.4 Å². The maximum atomic E-state index is 5.12. The first kappa shape index (κ1) is 16.8. The minimum absolute atomic E-state index is 0.636. The van der Waals surface area contributed by atoms with E-state index in [1.165, 1.54) is 11.4 Å². The monoisotopic (exact) mass is 329 g/mol. The van der Waals surface area contributed by atoms with Crippen molar-refractivity contribution in [2.24, 2.45) is 5.92 Å². The molecule has 1 saturated heterocycles. The Labute approximate surface area is 144 Å². The van der Waals surface area contributed by atoms with Gasteiger partial charge in [0.25, 0.3) is 0 Å². The molecule has 1 aliphatic heterocycles. The van der Waals surface area contributed by atoms with Gasteiger partial charge in [-0.05, 0) is 12.0 Å². The second kappa shape index (κ2) is 7.66. The highest BCUT2D eigenvalue weighted by molar-refractivity contribution is 5.45. The molecule has 130 valence electrons. The van der Waals surface area contributed by atoms with Gasteiger partial charge in [0.1, 0.15) is 0 Å². The summed E-state index contributed by atoms with van der Waals surface area (Å²) in [7, 11) is 1.64. The minimum atomic E-state index is 0.636. The molecule has 1 aliphatic rings. The van der Waals surface area contributed by atoms with Crippen molar-refractivity contribution in [2.75, 3.05) is 38.2 Å². The van der Waals surface area contributed by atoms with Crippen molar-refractivity contribution < 1.29 is 4.74 Å². The molecule has 6 nitrogen and oxygen atoms in total. The van der Waals surface area contributed by atoms with Crippen molar-refractivity contribution >= 4 is 5.69 Å². The summed E-state index contributed by atoms with van der Waals surface area (Å²) < 4.78 is 7.41. The van der Waals surface area contributed by atoms with Gasteiger partial charge in [-0.1, -0.05) is 13.8 Å². The van der Waals surface area contributed by atoms with Gasteiger partial charge in [0, 0.05) is 51.5 Å². The average molecular weight is 329 g/mol. The number of hydrogen-bond donors (Lipinski definition) is 0. The zero-order chi connectivity index (χ0) is 16.9. The van der Waals surface area contributed by atoms with E-state index in [0.29, 0.717) is 11.8 Å². The highest BCUT2D eigenvalue weighted by atomic mass is 16.5. The summed E-state index contributed by atoms with van der Waals surface area (Å²) in [4.78, 5) is 13.5. The number of nitrogens with zero attached hydrogens (tertiary/aromatic N) is 5. The molecule has 0 N–H and O–H groups in total. The largest absolute Gasteiger partial charge is 0.481 e. The molecule has 1 fully saturated rings. The Morgan fingerprint density at radius 2 is 1.92 bits per heavy atom. The van der Waals surface area contributed by atoms with Crippen LogP contribution in [0.5, 0.6) is 5.88 Å². The van der Waals surface area contributed by atoms with Crippen LogP contribution in [-0.4, -0.2) is 52.7 Å². The summed E-state index contributed by atoms with van der Waals surface area (Å²) in [6, 6.07) is 4.01. The molecule has 0 amide bonds. The van der Waals surface area contributed by atoms with E-state index in [4.69, 9.17) is 4.74 Å². The predicted octanol–water partition coefficient (Wildman–Crippen LogP) is 2.26. The molecule has 0 atom stereocenters. The number of imidazole rings is 1. The smallest absolute Gasteiger partial charge is 0.213 e. The lowest BCUT2D eigenvalue weighted by atomic mass is 10.2. The van der Waals surface area contributed by atoms with Crippen LogP contribution in [-0.2, 0) is 13.1 Å². The first-order chi connectivity index (χ1) is 11.7. The lowest BCUT2D eigenvalue weighted by molar-refractivity contribution is 0.242. The molecule has 0 aromatic carbocycles. The Hall–Kier alpha value is -2.08. The van der Waals surface area contributed by atoms with Crippen LogP contribution in [0.2, 0.25) is 0 Å². The Balaban J connectivity index is 1.54. The molecule has 0 unspecified atom stereocenters. The predicted molar refractivity (Wildman–Crippen MR) is 95.3 cm³/mol. The van der Waals surface area contributed by atoms with Gasteiger partial charge in [-0.2, -0.15) is 0 Å². The quantitative estimate of drug-likeness (QED) is 0.813. The molecule has 0 spiro atoms. The van der Waals surface area contributed by atoms with Gasteiger partial charge in [0.05, 0.1) is 31.0 Å². The van der Waals surface area contributed by atoms with Gasteiger partial charge in [0.2, 0.25) is 5.88 Å². The Kier molecular flexibility index (Phi) is 5.35. The van der Waals surface area contributed by atoms with Crippen LogP contribution < -0.4 is 9.64 Å². The van der Waals surface area contributed by atoms with Gasteiger partial charge in [0.15, 0.2) is 0 Å². The number of anilines is 1. The topological polar surface area (TPSA) is 46.4 Å². The number of ether oxygens (including phenoxy) is 1. The van der Waals surface area contributed by atoms with Crippen molar-refractivity contribution in [3.8, 4) is 5.88 Å². The number of hydrogen-bond acceptors (Lipinski definition) is 5. The Morgan fingerprint density at radius 1 is 1.12 bits per heavy atom. The zero-order valence-electron chi connectivity index (χ0n) is 14.9.